The van der Waals surface area contributed by atoms with Crippen LogP contribution in [-0.2, 0) is 14.3 Å². The number of carbonyl (C=O) groups is 2. The molecule has 2 rings (SSSR count). The number of ether oxygens (including phenoxy) is 3. The molecule has 2 unspecified atom stereocenters. The Labute approximate surface area is 167 Å². The second-order valence-electron chi connectivity index (χ2n) is 7.36. The topological polar surface area (TPSA) is 73.9 Å². The first kappa shape index (κ1) is 22.2. The van der Waals surface area contributed by atoms with Crippen molar-refractivity contribution in [3.63, 3.8) is 0 Å². The fraction of sp³-hybridized carbons (Fsp3) is 0.636. The Morgan fingerprint density at radius 2 is 2.00 bits per heavy atom. The Balaban J connectivity index is 2.25. The molecule has 1 aromatic carbocycles. The number of carbonyl (C=O) groups excluding carboxylic acids is 2. The van der Waals surface area contributed by atoms with E-state index in [0.717, 1.165) is 19.3 Å². The Morgan fingerprint density at radius 3 is 2.64 bits per heavy atom. The molecule has 0 saturated heterocycles. The maximum Gasteiger partial charge on any atom is 0.341 e. The molecule has 156 valence electrons. The predicted octanol–water partition coefficient (Wildman–Crippen LogP) is 4.58. The van der Waals surface area contributed by atoms with Crippen LogP contribution < -0.4 is 10.1 Å². The van der Waals surface area contributed by atoms with Crippen molar-refractivity contribution in [3.8, 4) is 5.75 Å². The summed E-state index contributed by atoms with van der Waals surface area (Å²) in [5.41, 5.74) is 0.0346. The van der Waals surface area contributed by atoms with Crippen LogP contribution in [0.5, 0.6) is 5.75 Å². The van der Waals surface area contributed by atoms with Crippen LogP contribution in [0.1, 0.15) is 70.2 Å². The minimum atomic E-state index is -0.809. The summed E-state index contributed by atoms with van der Waals surface area (Å²) in [7, 11) is 0. The van der Waals surface area contributed by atoms with Crippen LogP contribution in [0.2, 0.25) is 0 Å². The predicted molar refractivity (Wildman–Crippen MR) is 109 cm³/mol. The Hall–Kier alpha value is -2.08. The number of rotatable bonds is 9. The van der Waals surface area contributed by atoms with Gasteiger partial charge in [0.25, 0.3) is 5.91 Å². The summed E-state index contributed by atoms with van der Waals surface area (Å²) in [4.78, 5) is 25.5. The molecule has 6 heteroatoms. The summed E-state index contributed by atoms with van der Waals surface area (Å²) in [5.74, 6) is 0.269. The van der Waals surface area contributed by atoms with Crippen molar-refractivity contribution in [3.05, 3.63) is 23.8 Å². The molecular formula is C22H33NO5. The van der Waals surface area contributed by atoms with E-state index in [2.05, 4.69) is 12.2 Å². The molecule has 1 aromatic rings. The van der Waals surface area contributed by atoms with E-state index >= 15 is 0 Å². The van der Waals surface area contributed by atoms with Gasteiger partial charge in [0, 0.05) is 12.3 Å². The molecule has 2 atom stereocenters. The van der Waals surface area contributed by atoms with Crippen molar-refractivity contribution in [2.24, 2.45) is 5.92 Å². The van der Waals surface area contributed by atoms with Crippen LogP contribution in [0.25, 0.3) is 0 Å². The third-order valence-corrected chi connectivity index (χ3v) is 4.98. The number of amides is 1. The fourth-order valence-electron chi connectivity index (χ4n) is 3.71. The fourth-order valence-corrected chi connectivity index (χ4v) is 3.71. The highest BCUT2D eigenvalue weighted by molar-refractivity contribution is 5.99. The first-order chi connectivity index (χ1) is 13.5. The van der Waals surface area contributed by atoms with Crippen molar-refractivity contribution in [1.82, 2.24) is 0 Å². The average Bonchev–Trinajstić information content (AvgIpc) is 2.68. The molecule has 0 spiro atoms. The second kappa shape index (κ2) is 10.5. The summed E-state index contributed by atoms with van der Waals surface area (Å²) in [6.07, 6.45) is 4.36. The van der Waals surface area contributed by atoms with Gasteiger partial charge >= 0.3 is 5.97 Å². The van der Waals surface area contributed by atoms with Crippen LogP contribution in [0, 0.1) is 5.92 Å². The molecule has 1 fully saturated rings. The standard InChI is InChI=1S/C22H33NO5/c1-5-13-28-22(12-8-9-16(4)15-22)21(25)23-17-10-11-19(26-6-2)18(14-17)20(24)27-7-3/h10-11,14,16H,5-9,12-13,15H2,1-4H3,(H,23,25). The van der Waals surface area contributed by atoms with E-state index in [0.29, 0.717) is 49.0 Å². The highest BCUT2D eigenvalue weighted by atomic mass is 16.5. The molecule has 1 N–H and O–H groups in total. The van der Waals surface area contributed by atoms with Gasteiger partial charge in [-0.05, 0) is 63.6 Å². The lowest BCUT2D eigenvalue weighted by Crippen LogP contribution is -2.48. The normalized spacial score (nSPS) is 21.8. The summed E-state index contributed by atoms with van der Waals surface area (Å²) < 4.78 is 16.7. The van der Waals surface area contributed by atoms with Gasteiger partial charge in [-0.15, -0.1) is 0 Å². The van der Waals surface area contributed by atoms with Crippen molar-refractivity contribution >= 4 is 17.6 Å². The van der Waals surface area contributed by atoms with Gasteiger partial charge < -0.3 is 19.5 Å². The SMILES string of the molecule is CCCOC1(C(=O)Nc2ccc(OCC)c(C(=O)OCC)c2)CCCC(C)C1. The van der Waals surface area contributed by atoms with Crippen molar-refractivity contribution in [1.29, 1.82) is 0 Å². The first-order valence-corrected chi connectivity index (χ1v) is 10.3. The van der Waals surface area contributed by atoms with Crippen molar-refractivity contribution < 1.29 is 23.8 Å². The van der Waals surface area contributed by atoms with Crippen LogP contribution in [0.3, 0.4) is 0 Å². The van der Waals surface area contributed by atoms with E-state index in [1.165, 1.54) is 0 Å². The van der Waals surface area contributed by atoms with E-state index in [1.54, 1.807) is 25.1 Å². The Kier molecular flexibility index (Phi) is 8.30. The Bertz CT molecular complexity index is 675. The highest BCUT2D eigenvalue weighted by Gasteiger charge is 2.42. The molecule has 0 heterocycles. The maximum absolute atomic E-state index is 13.2. The van der Waals surface area contributed by atoms with Gasteiger partial charge in [-0.3, -0.25) is 4.79 Å². The molecule has 0 aliphatic heterocycles. The minimum absolute atomic E-state index is 0.147. The molecular weight excluding hydrogens is 358 g/mol. The van der Waals surface area contributed by atoms with Crippen LogP contribution in [0.4, 0.5) is 5.69 Å². The van der Waals surface area contributed by atoms with Crippen molar-refractivity contribution in [2.75, 3.05) is 25.1 Å². The largest absolute Gasteiger partial charge is 0.493 e. The molecule has 1 amide bonds. The van der Waals surface area contributed by atoms with Gasteiger partial charge in [-0.25, -0.2) is 4.79 Å². The number of esters is 1. The van der Waals surface area contributed by atoms with Gasteiger partial charge in [-0.1, -0.05) is 20.3 Å². The third kappa shape index (κ3) is 5.47. The summed E-state index contributed by atoms with van der Waals surface area (Å²) in [6.45, 7) is 9.06. The molecule has 28 heavy (non-hydrogen) atoms. The van der Waals surface area contributed by atoms with Gasteiger partial charge in [0.05, 0.1) is 13.2 Å². The van der Waals surface area contributed by atoms with Crippen LogP contribution >= 0.6 is 0 Å². The van der Waals surface area contributed by atoms with Gasteiger partial charge in [0.2, 0.25) is 0 Å². The number of hydrogen-bond acceptors (Lipinski definition) is 5. The lowest BCUT2D eigenvalue weighted by molar-refractivity contribution is -0.148. The van der Waals surface area contributed by atoms with E-state index in [9.17, 15) is 9.59 Å². The maximum atomic E-state index is 13.2. The van der Waals surface area contributed by atoms with Crippen LogP contribution in [-0.4, -0.2) is 37.3 Å². The smallest absolute Gasteiger partial charge is 0.341 e. The summed E-state index contributed by atoms with van der Waals surface area (Å²) >= 11 is 0. The van der Waals surface area contributed by atoms with E-state index in [4.69, 9.17) is 14.2 Å². The number of hydrogen-bond donors (Lipinski definition) is 1. The summed E-state index contributed by atoms with van der Waals surface area (Å²) in [5, 5.41) is 2.96. The minimum Gasteiger partial charge on any atom is -0.493 e. The molecule has 6 nitrogen and oxygen atoms in total. The molecule has 0 aromatic heterocycles. The Morgan fingerprint density at radius 1 is 1.21 bits per heavy atom. The van der Waals surface area contributed by atoms with Gasteiger partial charge in [0.15, 0.2) is 0 Å². The molecule has 1 aliphatic rings. The zero-order chi connectivity index (χ0) is 20.6. The zero-order valence-electron chi connectivity index (χ0n) is 17.5. The third-order valence-electron chi connectivity index (χ3n) is 4.98. The lowest BCUT2D eigenvalue weighted by Gasteiger charge is -2.38. The van der Waals surface area contributed by atoms with E-state index in [1.807, 2.05) is 13.8 Å². The lowest BCUT2D eigenvalue weighted by atomic mass is 9.78. The number of anilines is 1. The molecule has 0 bridgehead atoms. The number of nitrogens with one attached hydrogen (secondary N) is 1. The van der Waals surface area contributed by atoms with Gasteiger partial charge in [-0.2, -0.15) is 0 Å². The zero-order valence-corrected chi connectivity index (χ0v) is 17.5. The molecule has 1 saturated carbocycles. The molecule has 1 aliphatic carbocycles. The second-order valence-corrected chi connectivity index (χ2v) is 7.36. The quantitative estimate of drug-likeness (QED) is 0.624. The van der Waals surface area contributed by atoms with E-state index in [-0.39, 0.29) is 12.5 Å². The molecule has 0 radical (unpaired) electrons. The summed E-state index contributed by atoms with van der Waals surface area (Å²) in [6, 6.07) is 5.04. The average molecular weight is 392 g/mol. The van der Waals surface area contributed by atoms with Crippen LogP contribution in [0.15, 0.2) is 18.2 Å². The van der Waals surface area contributed by atoms with Crippen molar-refractivity contribution in [2.45, 2.75) is 65.4 Å². The van der Waals surface area contributed by atoms with E-state index < -0.39 is 11.6 Å². The number of benzene rings is 1. The highest BCUT2D eigenvalue weighted by Crippen LogP contribution is 2.36. The first-order valence-electron chi connectivity index (χ1n) is 10.3. The van der Waals surface area contributed by atoms with Gasteiger partial charge in [0.1, 0.15) is 16.9 Å². The monoisotopic (exact) mass is 391 g/mol.